The van der Waals surface area contributed by atoms with Gasteiger partial charge < -0.3 is 19.7 Å². The van der Waals surface area contributed by atoms with E-state index in [0.29, 0.717) is 23.0 Å². The Hall–Kier alpha value is -2.90. The second kappa shape index (κ2) is 6.70. The van der Waals surface area contributed by atoms with Crippen LogP contribution in [0, 0.1) is 6.92 Å². The first kappa shape index (κ1) is 15.5. The van der Waals surface area contributed by atoms with Crippen molar-refractivity contribution in [1.29, 1.82) is 0 Å². The molecule has 8 heteroatoms. The van der Waals surface area contributed by atoms with Gasteiger partial charge in [0.25, 0.3) is 5.91 Å². The zero-order chi connectivity index (χ0) is 16.1. The smallest absolute Gasteiger partial charge is 0.325 e. The minimum atomic E-state index is -1.10. The van der Waals surface area contributed by atoms with Gasteiger partial charge in [-0.25, -0.2) is 0 Å². The molecule has 2 rings (SSSR count). The van der Waals surface area contributed by atoms with Gasteiger partial charge in [0.05, 0.1) is 0 Å². The third-order valence-electron chi connectivity index (χ3n) is 2.75. The molecule has 1 aromatic carbocycles. The molecule has 2 N–H and O–H groups in total. The number of aryl methyl sites for hydroxylation is 1. The number of nitrogens with one attached hydrogen (secondary N) is 1. The van der Waals surface area contributed by atoms with Crippen molar-refractivity contribution in [3.8, 4) is 5.75 Å². The van der Waals surface area contributed by atoms with Gasteiger partial charge in [-0.15, -0.1) is 0 Å². The minimum absolute atomic E-state index is 0.105. The van der Waals surface area contributed by atoms with Gasteiger partial charge in [0.1, 0.15) is 11.8 Å². The molecule has 0 bridgehead atoms. The number of benzene rings is 1. The molecule has 0 fully saturated rings. The summed E-state index contributed by atoms with van der Waals surface area (Å²) in [5.41, 5.74) is 0.301. The summed E-state index contributed by atoms with van der Waals surface area (Å²) in [6, 6.07) is 5.41. The number of carboxylic acid groups (broad SMARTS) is 1. The Labute approximate surface area is 126 Å². The third-order valence-corrected chi connectivity index (χ3v) is 2.75. The fraction of sp³-hybridized carbons (Fsp3) is 0.286. The Bertz CT molecular complexity index is 683. The molecule has 8 nitrogen and oxygen atoms in total. The number of nitrogens with zero attached hydrogens (tertiary/aromatic N) is 2. The number of hydrogen-bond donors (Lipinski definition) is 2. The average Bonchev–Trinajstić information content (AvgIpc) is 2.91. The molecule has 116 valence electrons. The first-order chi connectivity index (χ1) is 10.5. The molecule has 1 amide bonds. The lowest BCUT2D eigenvalue weighted by Gasteiger charge is -2.10. The van der Waals surface area contributed by atoms with E-state index >= 15 is 0 Å². The highest BCUT2D eigenvalue weighted by molar-refractivity contribution is 5.96. The molecule has 0 saturated carbocycles. The van der Waals surface area contributed by atoms with Crippen LogP contribution in [0.3, 0.4) is 0 Å². The van der Waals surface area contributed by atoms with Gasteiger partial charge in [-0.3, -0.25) is 9.59 Å². The van der Waals surface area contributed by atoms with Gasteiger partial charge in [0.15, 0.2) is 6.61 Å². The van der Waals surface area contributed by atoms with Gasteiger partial charge in [0, 0.05) is 12.5 Å². The maximum absolute atomic E-state index is 11.9. The highest BCUT2D eigenvalue weighted by atomic mass is 16.5. The normalized spacial score (nSPS) is 11.7. The van der Waals surface area contributed by atoms with Crippen LogP contribution < -0.4 is 10.1 Å². The summed E-state index contributed by atoms with van der Waals surface area (Å²) in [7, 11) is 0. The molecule has 1 atom stereocenters. The van der Waals surface area contributed by atoms with Gasteiger partial charge in [-0.05, 0) is 25.1 Å². The summed E-state index contributed by atoms with van der Waals surface area (Å²) < 4.78 is 10.3. The number of hydrogen-bond acceptors (Lipinski definition) is 6. The van der Waals surface area contributed by atoms with Crippen molar-refractivity contribution >= 4 is 11.9 Å². The predicted molar refractivity (Wildman–Crippen MR) is 74.4 cm³/mol. The lowest BCUT2D eigenvalue weighted by Crippen LogP contribution is -2.38. The first-order valence-corrected chi connectivity index (χ1v) is 6.51. The Balaban J connectivity index is 2.00. The van der Waals surface area contributed by atoms with E-state index in [9.17, 15) is 9.59 Å². The molecule has 0 spiro atoms. The van der Waals surface area contributed by atoms with Gasteiger partial charge in [-0.1, -0.05) is 11.2 Å². The average molecular weight is 305 g/mol. The highest BCUT2D eigenvalue weighted by Crippen LogP contribution is 2.14. The number of aromatic nitrogens is 2. The summed E-state index contributed by atoms with van der Waals surface area (Å²) in [6.07, 6.45) is 0. The summed E-state index contributed by atoms with van der Waals surface area (Å²) in [4.78, 5) is 26.6. The van der Waals surface area contributed by atoms with Crippen LogP contribution in [0.5, 0.6) is 5.75 Å². The van der Waals surface area contributed by atoms with Crippen LogP contribution in [0.4, 0.5) is 0 Å². The van der Waals surface area contributed by atoms with Crippen LogP contribution in [0.15, 0.2) is 28.8 Å². The fourth-order valence-electron chi connectivity index (χ4n) is 1.62. The lowest BCUT2D eigenvalue weighted by atomic mass is 10.2. The molecule has 0 aliphatic carbocycles. The molecule has 0 aliphatic rings. The van der Waals surface area contributed by atoms with Gasteiger partial charge in [-0.2, -0.15) is 4.98 Å². The fourth-order valence-corrected chi connectivity index (χ4v) is 1.62. The Kier molecular flexibility index (Phi) is 4.72. The van der Waals surface area contributed by atoms with E-state index in [-0.39, 0.29) is 6.61 Å². The van der Waals surface area contributed by atoms with E-state index in [1.54, 1.807) is 25.1 Å². The van der Waals surface area contributed by atoms with Crippen LogP contribution in [-0.2, 0) is 11.4 Å². The van der Waals surface area contributed by atoms with Crippen molar-refractivity contribution in [2.45, 2.75) is 26.5 Å². The maximum Gasteiger partial charge on any atom is 0.325 e. The molecule has 2 aromatic rings. The molecule has 0 saturated heterocycles. The Morgan fingerprint density at radius 2 is 2.23 bits per heavy atom. The van der Waals surface area contributed by atoms with Crippen LogP contribution in [0.2, 0.25) is 0 Å². The van der Waals surface area contributed by atoms with Crippen molar-refractivity contribution in [3.63, 3.8) is 0 Å². The Morgan fingerprint density at radius 1 is 1.45 bits per heavy atom. The van der Waals surface area contributed by atoms with E-state index in [1.165, 1.54) is 13.0 Å². The van der Waals surface area contributed by atoms with Gasteiger partial charge >= 0.3 is 5.97 Å². The van der Waals surface area contributed by atoms with Crippen LogP contribution >= 0.6 is 0 Å². The number of aliphatic carboxylic acids is 1. The zero-order valence-electron chi connectivity index (χ0n) is 12.1. The topological polar surface area (TPSA) is 115 Å². The number of carboxylic acids is 1. The second-order valence-corrected chi connectivity index (χ2v) is 4.58. The van der Waals surface area contributed by atoms with E-state index in [0.717, 1.165) is 0 Å². The van der Waals surface area contributed by atoms with E-state index < -0.39 is 17.9 Å². The monoisotopic (exact) mass is 305 g/mol. The van der Waals surface area contributed by atoms with E-state index in [4.69, 9.17) is 14.4 Å². The molecular formula is C14H15N3O5. The van der Waals surface area contributed by atoms with E-state index in [2.05, 4.69) is 15.5 Å². The first-order valence-electron chi connectivity index (χ1n) is 6.51. The molecule has 0 radical (unpaired) electrons. The number of ether oxygens (including phenoxy) is 1. The molecular weight excluding hydrogens is 290 g/mol. The summed E-state index contributed by atoms with van der Waals surface area (Å²) in [6.45, 7) is 3.16. The zero-order valence-corrected chi connectivity index (χ0v) is 12.1. The molecule has 1 unspecified atom stereocenters. The third kappa shape index (κ3) is 4.05. The van der Waals surface area contributed by atoms with Crippen LogP contribution in [0.1, 0.15) is 29.0 Å². The number of amides is 1. The quantitative estimate of drug-likeness (QED) is 0.822. The molecule has 1 heterocycles. The van der Waals surface area contributed by atoms with Crippen molar-refractivity contribution in [2.24, 2.45) is 0 Å². The standard InChI is InChI=1S/C14H15N3O5/c1-8(14(19)20)15-13(18)10-4-3-5-11(6-10)21-7-12-16-9(2)22-17-12/h3-6,8H,7H2,1-2H3,(H,15,18)(H,19,20). The molecule has 0 aliphatic heterocycles. The molecule has 22 heavy (non-hydrogen) atoms. The minimum Gasteiger partial charge on any atom is -0.485 e. The lowest BCUT2D eigenvalue weighted by molar-refractivity contribution is -0.138. The van der Waals surface area contributed by atoms with Crippen molar-refractivity contribution < 1.29 is 24.0 Å². The summed E-state index contributed by atoms with van der Waals surface area (Å²) in [5, 5.41) is 14.8. The largest absolute Gasteiger partial charge is 0.485 e. The number of carbonyl (C=O) groups is 2. The Morgan fingerprint density at radius 3 is 2.86 bits per heavy atom. The number of rotatable bonds is 6. The van der Waals surface area contributed by atoms with Crippen molar-refractivity contribution in [2.75, 3.05) is 0 Å². The van der Waals surface area contributed by atoms with Gasteiger partial charge in [0.2, 0.25) is 11.7 Å². The predicted octanol–water partition coefficient (Wildman–Crippen LogP) is 1.16. The highest BCUT2D eigenvalue weighted by Gasteiger charge is 2.15. The SMILES string of the molecule is Cc1nc(COc2cccc(C(=O)NC(C)C(=O)O)c2)no1. The number of carbonyl (C=O) groups excluding carboxylic acids is 1. The van der Waals surface area contributed by atoms with Crippen molar-refractivity contribution in [3.05, 3.63) is 41.5 Å². The summed E-state index contributed by atoms with van der Waals surface area (Å²) >= 11 is 0. The van der Waals surface area contributed by atoms with Crippen LogP contribution in [-0.4, -0.2) is 33.2 Å². The maximum atomic E-state index is 11.9. The molecule has 1 aromatic heterocycles. The second-order valence-electron chi connectivity index (χ2n) is 4.58. The van der Waals surface area contributed by atoms with E-state index in [1.807, 2.05) is 0 Å². The van der Waals surface area contributed by atoms with Crippen molar-refractivity contribution in [1.82, 2.24) is 15.5 Å². The van der Waals surface area contributed by atoms with Crippen LogP contribution in [0.25, 0.3) is 0 Å². The summed E-state index contributed by atoms with van der Waals surface area (Å²) in [5.74, 6) is -0.316.